The van der Waals surface area contributed by atoms with Crippen molar-refractivity contribution in [3.05, 3.63) is 70.1 Å². The van der Waals surface area contributed by atoms with Crippen molar-refractivity contribution in [3.63, 3.8) is 0 Å². The maximum absolute atomic E-state index is 12.3. The number of nitriles is 1. The van der Waals surface area contributed by atoms with Crippen molar-refractivity contribution in [2.45, 2.75) is 36.8 Å². The number of carbonyl (C=O) groups excluding carboxylic acids is 1. The number of thioether (sulfide) groups is 1. The molecule has 182 valence electrons. The van der Waals surface area contributed by atoms with Gasteiger partial charge in [-0.3, -0.25) is 4.79 Å². The normalized spacial score (nSPS) is 12.4. The SMILES string of the molecule is CCC(NC(=O)c1ccc(Nc2sc(C(O)Cc3ccccc3SC)c(N)c2C#N)cc1)C(=O)O. The number of nitrogens with two attached hydrogens (primary N) is 1. The molecule has 0 spiro atoms. The summed E-state index contributed by atoms with van der Waals surface area (Å²) in [6.45, 7) is 1.68. The van der Waals surface area contributed by atoms with E-state index < -0.39 is 24.0 Å². The number of rotatable bonds is 10. The van der Waals surface area contributed by atoms with Gasteiger partial charge in [-0.05, 0) is 48.6 Å². The van der Waals surface area contributed by atoms with Gasteiger partial charge in [0.2, 0.25) is 0 Å². The summed E-state index contributed by atoms with van der Waals surface area (Å²) in [5, 5.41) is 35.8. The maximum atomic E-state index is 12.3. The van der Waals surface area contributed by atoms with Crippen LogP contribution in [0.25, 0.3) is 0 Å². The van der Waals surface area contributed by atoms with E-state index in [1.807, 2.05) is 30.5 Å². The van der Waals surface area contributed by atoms with E-state index in [2.05, 4.69) is 16.7 Å². The zero-order valence-electron chi connectivity index (χ0n) is 19.2. The molecule has 3 aromatic rings. The van der Waals surface area contributed by atoms with Gasteiger partial charge in [0.1, 0.15) is 22.7 Å². The van der Waals surface area contributed by atoms with Crippen molar-refractivity contribution in [1.82, 2.24) is 5.32 Å². The lowest BCUT2D eigenvalue weighted by atomic mass is 10.1. The molecular formula is C25H26N4O4S2. The quantitative estimate of drug-likeness (QED) is 0.250. The Kier molecular flexibility index (Phi) is 8.76. The van der Waals surface area contributed by atoms with Crippen molar-refractivity contribution in [1.29, 1.82) is 5.26 Å². The molecule has 0 aliphatic carbocycles. The van der Waals surface area contributed by atoms with Crippen LogP contribution in [0.1, 0.15) is 45.8 Å². The number of aliphatic hydroxyl groups is 1. The van der Waals surface area contributed by atoms with E-state index in [1.165, 1.54) is 11.3 Å². The minimum atomic E-state index is -1.09. The zero-order valence-corrected chi connectivity index (χ0v) is 20.9. The van der Waals surface area contributed by atoms with Crippen LogP contribution < -0.4 is 16.4 Å². The number of aliphatic hydroxyl groups excluding tert-OH is 1. The van der Waals surface area contributed by atoms with Crippen LogP contribution in [-0.2, 0) is 11.2 Å². The van der Waals surface area contributed by atoms with Crippen molar-refractivity contribution < 1.29 is 19.8 Å². The van der Waals surface area contributed by atoms with Gasteiger partial charge in [0.25, 0.3) is 5.91 Å². The van der Waals surface area contributed by atoms with E-state index in [1.54, 1.807) is 43.0 Å². The molecule has 1 aromatic heterocycles. The molecule has 0 saturated carbocycles. The summed E-state index contributed by atoms with van der Waals surface area (Å²) in [7, 11) is 0. The second-order valence-electron chi connectivity index (χ2n) is 7.70. The number of thiophene rings is 1. The average molecular weight is 511 g/mol. The second kappa shape index (κ2) is 11.8. The molecule has 10 heteroatoms. The molecule has 6 N–H and O–H groups in total. The molecule has 0 radical (unpaired) electrons. The highest BCUT2D eigenvalue weighted by atomic mass is 32.2. The smallest absolute Gasteiger partial charge is 0.326 e. The summed E-state index contributed by atoms with van der Waals surface area (Å²) < 4.78 is 0. The van der Waals surface area contributed by atoms with Crippen LogP contribution >= 0.6 is 23.1 Å². The lowest BCUT2D eigenvalue weighted by Crippen LogP contribution is -2.40. The van der Waals surface area contributed by atoms with E-state index in [0.717, 1.165) is 10.5 Å². The third-order valence-corrected chi connectivity index (χ3v) is 7.47. The van der Waals surface area contributed by atoms with Gasteiger partial charge in [-0.25, -0.2) is 4.79 Å². The maximum Gasteiger partial charge on any atom is 0.326 e. The molecule has 2 aromatic carbocycles. The Morgan fingerprint density at radius 3 is 2.49 bits per heavy atom. The first-order chi connectivity index (χ1) is 16.8. The number of nitrogen functional groups attached to an aromatic ring is 1. The predicted molar refractivity (Wildman–Crippen MR) is 139 cm³/mol. The molecule has 8 nitrogen and oxygen atoms in total. The highest BCUT2D eigenvalue weighted by Gasteiger charge is 2.23. The fraction of sp³-hybridized carbons (Fsp3) is 0.240. The number of benzene rings is 2. The molecule has 3 rings (SSSR count). The van der Waals surface area contributed by atoms with Gasteiger partial charge in [-0.1, -0.05) is 25.1 Å². The second-order valence-corrected chi connectivity index (χ2v) is 9.60. The van der Waals surface area contributed by atoms with Crippen molar-refractivity contribution in [3.8, 4) is 6.07 Å². The van der Waals surface area contributed by atoms with Gasteiger partial charge >= 0.3 is 5.97 Å². The lowest BCUT2D eigenvalue weighted by Gasteiger charge is -2.13. The van der Waals surface area contributed by atoms with Gasteiger partial charge in [-0.2, -0.15) is 5.26 Å². The van der Waals surface area contributed by atoms with E-state index in [0.29, 0.717) is 27.5 Å². The number of carboxylic acid groups (broad SMARTS) is 1. The molecule has 0 aliphatic heterocycles. The van der Waals surface area contributed by atoms with Crippen LogP contribution in [0.3, 0.4) is 0 Å². The molecule has 0 bridgehead atoms. The van der Waals surface area contributed by atoms with Crippen LogP contribution in [-0.4, -0.2) is 34.4 Å². The summed E-state index contributed by atoms with van der Waals surface area (Å²) in [5.74, 6) is -1.58. The molecule has 35 heavy (non-hydrogen) atoms. The van der Waals surface area contributed by atoms with Gasteiger partial charge in [0, 0.05) is 22.6 Å². The highest BCUT2D eigenvalue weighted by Crippen LogP contribution is 2.41. The molecule has 2 atom stereocenters. The largest absolute Gasteiger partial charge is 0.480 e. The molecule has 1 heterocycles. The van der Waals surface area contributed by atoms with Gasteiger partial charge < -0.3 is 26.6 Å². The monoisotopic (exact) mass is 510 g/mol. The van der Waals surface area contributed by atoms with Gasteiger partial charge in [0.05, 0.1) is 16.7 Å². The topological polar surface area (TPSA) is 148 Å². The summed E-state index contributed by atoms with van der Waals surface area (Å²) >= 11 is 2.81. The fourth-order valence-electron chi connectivity index (χ4n) is 3.50. The lowest BCUT2D eigenvalue weighted by molar-refractivity contribution is -0.139. The molecule has 0 saturated heterocycles. The van der Waals surface area contributed by atoms with Gasteiger partial charge in [0.15, 0.2) is 0 Å². The number of nitrogens with zero attached hydrogens (tertiary/aromatic N) is 1. The molecule has 2 unspecified atom stereocenters. The first kappa shape index (κ1) is 26.1. The molecule has 1 amide bonds. The first-order valence-corrected chi connectivity index (χ1v) is 12.9. The number of hydrogen-bond acceptors (Lipinski definition) is 8. The summed E-state index contributed by atoms with van der Waals surface area (Å²) in [6, 6.07) is 15.4. The molecule has 0 aliphatic rings. The number of anilines is 3. The first-order valence-electron chi connectivity index (χ1n) is 10.8. The number of nitrogens with one attached hydrogen (secondary N) is 2. The van der Waals surface area contributed by atoms with Crippen molar-refractivity contribution in [2.24, 2.45) is 0 Å². The van der Waals surface area contributed by atoms with Gasteiger partial charge in [-0.15, -0.1) is 23.1 Å². The number of aliphatic carboxylic acids is 1. The molecule has 0 fully saturated rings. The third-order valence-electron chi connectivity index (χ3n) is 5.41. The van der Waals surface area contributed by atoms with E-state index in [4.69, 9.17) is 10.8 Å². The van der Waals surface area contributed by atoms with Crippen LogP contribution in [0, 0.1) is 11.3 Å². The Morgan fingerprint density at radius 2 is 1.89 bits per heavy atom. The van der Waals surface area contributed by atoms with E-state index >= 15 is 0 Å². The fourth-order valence-corrected chi connectivity index (χ4v) is 5.20. The van der Waals surface area contributed by atoms with Crippen molar-refractivity contribution in [2.75, 3.05) is 17.3 Å². The zero-order chi connectivity index (χ0) is 25.5. The van der Waals surface area contributed by atoms with Crippen LogP contribution in [0.2, 0.25) is 0 Å². The van der Waals surface area contributed by atoms with Crippen LogP contribution in [0.5, 0.6) is 0 Å². The predicted octanol–water partition coefficient (Wildman–Crippen LogP) is 4.54. The highest BCUT2D eigenvalue weighted by molar-refractivity contribution is 7.98. The number of carbonyl (C=O) groups is 2. The Balaban J connectivity index is 1.77. The summed E-state index contributed by atoms with van der Waals surface area (Å²) in [5.41, 5.74) is 8.63. The van der Waals surface area contributed by atoms with Crippen molar-refractivity contribution >= 4 is 51.4 Å². The minimum absolute atomic E-state index is 0.240. The van der Waals surface area contributed by atoms with Crippen LogP contribution in [0.15, 0.2) is 53.4 Å². The minimum Gasteiger partial charge on any atom is -0.480 e. The Bertz CT molecular complexity index is 1250. The molecular weight excluding hydrogens is 484 g/mol. The Hall–Kier alpha value is -3.52. The summed E-state index contributed by atoms with van der Waals surface area (Å²) in [4.78, 5) is 25.1. The number of carboxylic acids is 1. The van der Waals surface area contributed by atoms with E-state index in [9.17, 15) is 20.0 Å². The number of hydrogen-bond donors (Lipinski definition) is 5. The Labute approximate surface area is 211 Å². The third kappa shape index (κ3) is 6.14. The number of amides is 1. The average Bonchev–Trinajstić information content (AvgIpc) is 3.17. The summed E-state index contributed by atoms with van der Waals surface area (Å²) in [6.07, 6.45) is 1.74. The Morgan fingerprint density at radius 1 is 1.20 bits per heavy atom. The van der Waals surface area contributed by atoms with Crippen LogP contribution in [0.4, 0.5) is 16.4 Å². The standard InChI is InChI=1S/C25H26N4O4S2/c1-3-18(25(32)33)29-23(31)14-8-10-16(11-9-14)28-24-17(13-26)21(27)22(35-24)19(30)12-15-6-4-5-7-20(15)34-2/h4-11,18-19,28,30H,3,12,27H2,1-2H3,(H,29,31)(H,32,33). The van der Waals surface area contributed by atoms with E-state index in [-0.39, 0.29) is 17.7 Å².